The summed E-state index contributed by atoms with van der Waals surface area (Å²) in [5.74, 6) is 2.00. The Bertz CT molecular complexity index is 1410. The van der Waals surface area contributed by atoms with Crippen LogP contribution in [0.15, 0.2) is 30.3 Å². The van der Waals surface area contributed by atoms with Gasteiger partial charge in [0.05, 0.1) is 24.7 Å². The van der Waals surface area contributed by atoms with Gasteiger partial charge >= 0.3 is 0 Å². The average Bonchev–Trinajstić information content (AvgIpc) is 3.48. The largest absolute Gasteiger partial charge is 0.496 e. The van der Waals surface area contributed by atoms with Gasteiger partial charge in [0.15, 0.2) is 5.82 Å². The Balaban J connectivity index is 1.40. The summed E-state index contributed by atoms with van der Waals surface area (Å²) >= 11 is 0. The van der Waals surface area contributed by atoms with Crippen LogP contribution in [0.1, 0.15) is 61.4 Å². The van der Waals surface area contributed by atoms with Crippen LogP contribution in [0.3, 0.4) is 0 Å². The number of hydrogen-bond acceptors (Lipinski definition) is 7. The van der Waals surface area contributed by atoms with E-state index in [1.165, 1.54) is 7.11 Å². The number of ether oxygens (including phenoxy) is 1. The molecule has 38 heavy (non-hydrogen) atoms. The van der Waals surface area contributed by atoms with Crippen LogP contribution in [0.25, 0.3) is 11.5 Å². The van der Waals surface area contributed by atoms with E-state index in [9.17, 15) is 14.7 Å². The van der Waals surface area contributed by atoms with Crippen LogP contribution in [0.5, 0.6) is 5.75 Å². The fraction of sp³-hybridized carbons (Fsp3) is 0.464. The molecule has 0 unspecified atom stereocenters. The van der Waals surface area contributed by atoms with Gasteiger partial charge in [0.2, 0.25) is 5.91 Å². The first kappa shape index (κ1) is 25.8. The molecular weight excluding hydrogens is 484 g/mol. The SMILES string of the molecule is COc1cc2c(cc1C(=O)Nc1cccc(-c3nnc4n3C(C)(C)CC4)n1)CN(C(=O)C(C)(C)CO)CC2. The van der Waals surface area contributed by atoms with Crippen LogP contribution in [0.2, 0.25) is 0 Å². The summed E-state index contributed by atoms with van der Waals surface area (Å²) in [5.41, 5.74) is 1.95. The zero-order valence-corrected chi connectivity index (χ0v) is 22.5. The maximum atomic E-state index is 13.4. The fourth-order valence-electron chi connectivity index (χ4n) is 5.22. The van der Waals surface area contributed by atoms with Crippen molar-refractivity contribution in [3.05, 3.63) is 52.8 Å². The third-order valence-corrected chi connectivity index (χ3v) is 7.56. The molecule has 0 radical (unpaired) electrons. The Morgan fingerprint density at radius 2 is 1.95 bits per heavy atom. The quantitative estimate of drug-likeness (QED) is 0.514. The first-order chi connectivity index (χ1) is 18.0. The molecule has 10 nitrogen and oxygen atoms in total. The molecule has 0 spiro atoms. The molecule has 0 saturated heterocycles. The minimum atomic E-state index is -0.861. The summed E-state index contributed by atoms with van der Waals surface area (Å²) < 4.78 is 7.68. The Hall–Kier alpha value is -3.79. The van der Waals surface area contributed by atoms with E-state index in [0.29, 0.717) is 48.2 Å². The van der Waals surface area contributed by atoms with Crippen LogP contribution in [-0.2, 0) is 29.7 Å². The molecule has 0 saturated carbocycles. The van der Waals surface area contributed by atoms with Gasteiger partial charge < -0.3 is 24.6 Å². The van der Waals surface area contributed by atoms with Gasteiger partial charge in [-0.1, -0.05) is 6.07 Å². The zero-order valence-electron chi connectivity index (χ0n) is 22.5. The van der Waals surface area contributed by atoms with E-state index in [0.717, 1.165) is 29.8 Å². The molecule has 4 heterocycles. The maximum Gasteiger partial charge on any atom is 0.260 e. The highest BCUT2D eigenvalue weighted by Crippen LogP contribution is 2.35. The second-order valence-electron chi connectivity index (χ2n) is 11.3. The number of rotatable bonds is 6. The number of nitrogens with one attached hydrogen (secondary N) is 1. The fourth-order valence-corrected chi connectivity index (χ4v) is 5.22. The highest BCUT2D eigenvalue weighted by atomic mass is 16.5. The van der Waals surface area contributed by atoms with Gasteiger partial charge in [-0.15, -0.1) is 10.2 Å². The predicted molar refractivity (Wildman–Crippen MR) is 142 cm³/mol. The van der Waals surface area contributed by atoms with E-state index in [1.54, 1.807) is 30.9 Å². The molecule has 0 fully saturated rings. The number of nitrogens with zero attached hydrogens (tertiary/aromatic N) is 5. The molecule has 5 rings (SSSR count). The maximum absolute atomic E-state index is 13.4. The third-order valence-electron chi connectivity index (χ3n) is 7.56. The number of aliphatic hydroxyl groups excluding tert-OH is 1. The molecule has 2 aliphatic heterocycles. The minimum absolute atomic E-state index is 0.104. The van der Waals surface area contributed by atoms with Gasteiger partial charge in [0.1, 0.15) is 23.1 Å². The number of methoxy groups -OCH3 is 1. The number of pyridine rings is 1. The van der Waals surface area contributed by atoms with Gasteiger partial charge in [0, 0.05) is 25.0 Å². The first-order valence-electron chi connectivity index (χ1n) is 12.9. The minimum Gasteiger partial charge on any atom is -0.496 e. The lowest BCUT2D eigenvalue weighted by Crippen LogP contribution is -2.45. The number of benzene rings is 1. The summed E-state index contributed by atoms with van der Waals surface area (Å²) in [6, 6.07) is 9.08. The summed E-state index contributed by atoms with van der Waals surface area (Å²) in [6.07, 6.45) is 2.50. The van der Waals surface area contributed by atoms with Crippen LogP contribution in [-0.4, -0.2) is 61.8 Å². The molecular formula is C28H34N6O4. The van der Waals surface area contributed by atoms with E-state index in [-0.39, 0.29) is 24.0 Å². The van der Waals surface area contributed by atoms with E-state index in [1.807, 2.05) is 18.2 Å². The van der Waals surface area contributed by atoms with Gasteiger partial charge in [0.25, 0.3) is 5.91 Å². The third kappa shape index (κ3) is 4.53. The van der Waals surface area contributed by atoms with Crippen LogP contribution >= 0.6 is 0 Å². The zero-order chi connectivity index (χ0) is 27.2. The average molecular weight is 519 g/mol. The molecule has 2 aliphatic rings. The van der Waals surface area contributed by atoms with Crippen LogP contribution < -0.4 is 10.1 Å². The Morgan fingerprint density at radius 3 is 2.68 bits per heavy atom. The van der Waals surface area contributed by atoms with Crippen molar-refractivity contribution in [3.8, 4) is 17.3 Å². The highest BCUT2D eigenvalue weighted by Gasteiger charge is 2.35. The van der Waals surface area contributed by atoms with Crippen molar-refractivity contribution in [2.45, 2.75) is 59.0 Å². The second-order valence-corrected chi connectivity index (χ2v) is 11.3. The molecule has 0 bridgehead atoms. The molecule has 0 aliphatic carbocycles. The second kappa shape index (κ2) is 9.50. The molecule has 10 heteroatoms. The number of aliphatic hydroxyl groups is 1. The van der Waals surface area contributed by atoms with Crippen molar-refractivity contribution in [1.29, 1.82) is 0 Å². The van der Waals surface area contributed by atoms with Crippen molar-refractivity contribution in [3.63, 3.8) is 0 Å². The number of carbonyl (C=O) groups excluding carboxylic acids is 2. The Labute approximate surface area is 222 Å². The number of anilines is 1. The van der Waals surface area contributed by atoms with E-state index >= 15 is 0 Å². The lowest BCUT2D eigenvalue weighted by molar-refractivity contribution is -0.143. The van der Waals surface area contributed by atoms with Gasteiger partial charge in [-0.05, 0) is 75.9 Å². The molecule has 0 atom stereocenters. The molecule has 2 aromatic heterocycles. The number of amides is 2. The molecule has 2 N–H and O–H groups in total. The highest BCUT2D eigenvalue weighted by molar-refractivity contribution is 6.06. The van der Waals surface area contributed by atoms with E-state index < -0.39 is 5.41 Å². The topological polar surface area (TPSA) is 122 Å². The molecule has 1 aromatic carbocycles. The van der Waals surface area contributed by atoms with Gasteiger partial charge in [-0.3, -0.25) is 9.59 Å². The number of aromatic nitrogens is 4. The number of carbonyl (C=O) groups is 2. The van der Waals surface area contributed by atoms with Gasteiger partial charge in [-0.2, -0.15) is 0 Å². The first-order valence-corrected chi connectivity index (χ1v) is 12.9. The summed E-state index contributed by atoms with van der Waals surface area (Å²) in [7, 11) is 1.54. The summed E-state index contributed by atoms with van der Waals surface area (Å²) in [4.78, 5) is 32.7. The smallest absolute Gasteiger partial charge is 0.260 e. The summed E-state index contributed by atoms with van der Waals surface area (Å²) in [5, 5.41) is 21.2. The Morgan fingerprint density at radius 1 is 1.16 bits per heavy atom. The molecule has 2 amide bonds. The predicted octanol–water partition coefficient (Wildman–Crippen LogP) is 3.19. The van der Waals surface area contributed by atoms with E-state index in [4.69, 9.17) is 4.74 Å². The van der Waals surface area contributed by atoms with Gasteiger partial charge in [-0.25, -0.2) is 4.98 Å². The van der Waals surface area contributed by atoms with Crippen molar-refractivity contribution >= 4 is 17.6 Å². The number of aryl methyl sites for hydroxylation is 1. The molecule has 3 aromatic rings. The molecule has 200 valence electrons. The number of fused-ring (bicyclic) bond motifs is 2. The monoisotopic (exact) mass is 518 g/mol. The van der Waals surface area contributed by atoms with Crippen molar-refractivity contribution in [1.82, 2.24) is 24.6 Å². The van der Waals surface area contributed by atoms with Crippen LogP contribution in [0.4, 0.5) is 5.82 Å². The van der Waals surface area contributed by atoms with Crippen molar-refractivity contribution < 1.29 is 19.4 Å². The normalized spacial score (nSPS) is 16.1. The van der Waals surface area contributed by atoms with Crippen molar-refractivity contribution in [2.24, 2.45) is 5.41 Å². The van der Waals surface area contributed by atoms with Crippen molar-refractivity contribution in [2.75, 3.05) is 25.6 Å². The van der Waals surface area contributed by atoms with Crippen LogP contribution in [0, 0.1) is 5.41 Å². The standard InChI is InChI=1S/C28H34N6O4/c1-27(2,16-35)26(37)33-12-10-17-14-21(38-5)19(13-18(17)15-33)25(36)30-22-8-6-7-20(29-22)24-32-31-23-9-11-28(3,4)34(23)24/h6-8,13-14,35H,9-12,15-16H2,1-5H3,(H,29,30,36). The number of hydrogen-bond donors (Lipinski definition) is 2. The lowest BCUT2D eigenvalue weighted by Gasteiger charge is -2.34. The lowest BCUT2D eigenvalue weighted by atomic mass is 9.90. The Kier molecular flexibility index (Phi) is 6.46. The van der Waals surface area contributed by atoms with E-state index in [2.05, 4.69) is 38.9 Å². The summed E-state index contributed by atoms with van der Waals surface area (Å²) in [6.45, 7) is 8.45.